The number of nitrogens with zero attached hydrogens (tertiary/aromatic N) is 2. The summed E-state index contributed by atoms with van der Waals surface area (Å²) in [5.41, 5.74) is 8.67. The van der Waals surface area contributed by atoms with Crippen molar-refractivity contribution in [3.63, 3.8) is 0 Å². The number of rotatable bonds is 7. The summed E-state index contributed by atoms with van der Waals surface area (Å²) in [6.45, 7) is 4.80. The van der Waals surface area contributed by atoms with Crippen LogP contribution in [0.1, 0.15) is 27.9 Å². The van der Waals surface area contributed by atoms with Crippen LogP contribution in [0.15, 0.2) is 36.4 Å². The molecule has 2 heterocycles. The van der Waals surface area contributed by atoms with Crippen molar-refractivity contribution in [1.82, 2.24) is 4.98 Å². The van der Waals surface area contributed by atoms with E-state index in [2.05, 4.69) is 4.98 Å². The van der Waals surface area contributed by atoms with Crippen LogP contribution in [-0.4, -0.2) is 42.6 Å². The minimum Gasteiger partial charge on any atom is -0.465 e. The molecule has 2 aromatic heterocycles. The molecule has 1 aromatic carbocycles. The van der Waals surface area contributed by atoms with E-state index in [1.54, 1.807) is 37.3 Å². The van der Waals surface area contributed by atoms with E-state index in [1.807, 2.05) is 19.9 Å². The minimum atomic E-state index is -0.713. The van der Waals surface area contributed by atoms with Crippen LogP contribution >= 0.6 is 11.3 Å². The lowest BCUT2D eigenvalue weighted by molar-refractivity contribution is -0.142. The van der Waals surface area contributed by atoms with Crippen LogP contribution in [-0.2, 0) is 19.1 Å². The molecule has 0 atom stereocenters. The molecule has 8 nitrogen and oxygen atoms in total. The first-order valence-electron chi connectivity index (χ1n) is 9.66. The van der Waals surface area contributed by atoms with Crippen LogP contribution in [0.25, 0.3) is 10.2 Å². The lowest BCUT2D eigenvalue weighted by Crippen LogP contribution is -2.39. The van der Waals surface area contributed by atoms with Crippen molar-refractivity contribution in [3.8, 4) is 0 Å². The maximum absolute atomic E-state index is 12.8. The van der Waals surface area contributed by atoms with Gasteiger partial charge in [0.15, 0.2) is 6.61 Å². The highest BCUT2D eigenvalue weighted by molar-refractivity contribution is 7.21. The highest BCUT2D eigenvalue weighted by Gasteiger charge is 2.24. The summed E-state index contributed by atoms with van der Waals surface area (Å²) in [6, 6.07) is 10.5. The number of hydrogen-bond acceptors (Lipinski definition) is 8. The first-order chi connectivity index (χ1) is 14.8. The first kappa shape index (κ1) is 22.2. The third kappa shape index (κ3) is 5.00. The molecule has 0 saturated heterocycles. The molecule has 0 saturated carbocycles. The largest absolute Gasteiger partial charge is 0.465 e. The quantitative estimate of drug-likeness (QED) is 0.560. The van der Waals surface area contributed by atoms with E-state index in [9.17, 15) is 14.4 Å². The number of hydrogen-bond donors (Lipinski definition) is 1. The molecular weight excluding hydrogens is 418 g/mol. The standard InChI is InChI=1S/C22H23N3O5S/c1-4-29-17(27)11-25(15-8-6-5-7-9-15)16(26)12-30-22(28)20-19(23)18-13(2)10-14(3)24-21(18)31-20/h5-10H,4,11-12,23H2,1-3H3. The molecule has 0 aliphatic carbocycles. The number of anilines is 2. The fourth-order valence-corrected chi connectivity index (χ4v) is 4.27. The van der Waals surface area contributed by atoms with Gasteiger partial charge in [-0.1, -0.05) is 18.2 Å². The highest BCUT2D eigenvalue weighted by atomic mass is 32.1. The number of thiophene rings is 1. The number of aryl methyl sites for hydroxylation is 2. The predicted octanol–water partition coefficient (Wildman–Crippen LogP) is 3.25. The maximum Gasteiger partial charge on any atom is 0.351 e. The number of nitrogens with two attached hydrogens (primary N) is 1. The Balaban J connectivity index is 1.76. The summed E-state index contributed by atoms with van der Waals surface area (Å²) in [7, 11) is 0. The molecule has 3 aromatic rings. The molecule has 0 unspecified atom stereocenters. The summed E-state index contributed by atoms with van der Waals surface area (Å²) < 4.78 is 10.2. The molecule has 0 aliphatic heterocycles. The van der Waals surface area contributed by atoms with Crippen LogP contribution in [0, 0.1) is 13.8 Å². The number of pyridine rings is 1. The van der Waals surface area contributed by atoms with Crippen LogP contribution in [0.5, 0.6) is 0 Å². The third-order valence-corrected chi connectivity index (χ3v) is 5.58. The van der Waals surface area contributed by atoms with E-state index in [0.717, 1.165) is 22.6 Å². The molecule has 0 radical (unpaired) electrons. The highest BCUT2D eigenvalue weighted by Crippen LogP contribution is 2.35. The van der Waals surface area contributed by atoms with Gasteiger partial charge in [0.1, 0.15) is 16.3 Å². The van der Waals surface area contributed by atoms with Crippen LogP contribution in [0.3, 0.4) is 0 Å². The molecule has 1 amide bonds. The lowest BCUT2D eigenvalue weighted by Gasteiger charge is -2.21. The number of benzene rings is 1. The Morgan fingerprint density at radius 3 is 2.52 bits per heavy atom. The molecule has 162 valence electrons. The third-order valence-electron chi connectivity index (χ3n) is 4.50. The molecule has 9 heteroatoms. The summed E-state index contributed by atoms with van der Waals surface area (Å²) >= 11 is 1.12. The van der Waals surface area contributed by atoms with Gasteiger partial charge >= 0.3 is 11.9 Å². The fraction of sp³-hybridized carbons (Fsp3) is 0.273. The van der Waals surface area contributed by atoms with Crippen LogP contribution in [0.4, 0.5) is 11.4 Å². The zero-order valence-electron chi connectivity index (χ0n) is 17.5. The Labute approximate surface area is 183 Å². The minimum absolute atomic E-state index is 0.195. The van der Waals surface area contributed by atoms with E-state index in [1.165, 1.54) is 4.90 Å². The number of esters is 2. The van der Waals surface area contributed by atoms with Crippen molar-refractivity contribution in [2.45, 2.75) is 20.8 Å². The number of carbonyl (C=O) groups is 3. The van der Waals surface area contributed by atoms with Gasteiger partial charge in [0.2, 0.25) is 0 Å². The molecule has 0 fully saturated rings. The zero-order valence-corrected chi connectivity index (χ0v) is 18.3. The second-order valence-electron chi connectivity index (χ2n) is 6.80. The Morgan fingerprint density at radius 2 is 1.84 bits per heavy atom. The topological polar surface area (TPSA) is 112 Å². The van der Waals surface area contributed by atoms with Crippen molar-refractivity contribution in [3.05, 3.63) is 52.5 Å². The second-order valence-corrected chi connectivity index (χ2v) is 7.80. The number of carbonyl (C=O) groups excluding carboxylic acids is 3. The summed E-state index contributed by atoms with van der Waals surface area (Å²) in [4.78, 5) is 43.8. The zero-order chi connectivity index (χ0) is 22.5. The van der Waals surface area contributed by atoms with Gasteiger partial charge < -0.3 is 15.2 Å². The molecular formula is C22H23N3O5S. The fourth-order valence-electron chi connectivity index (χ4n) is 3.16. The van der Waals surface area contributed by atoms with Crippen molar-refractivity contribution < 1.29 is 23.9 Å². The van der Waals surface area contributed by atoms with E-state index in [4.69, 9.17) is 15.2 Å². The monoisotopic (exact) mass is 441 g/mol. The SMILES string of the molecule is CCOC(=O)CN(C(=O)COC(=O)c1sc2nc(C)cc(C)c2c1N)c1ccccc1. The van der Waals surface area contributed by atoms with Crippen LogP contribution in [0.2, 0.25) is 0 Å². The van der Waals surface area contributed by atoms with E-state index in [-0.39, 0.29) is 23.7 Å². The van der Waals surface area contributed by atoms with Gasteiger partial charge in [0.25, 0.3) is 5.91 Å². The maximum atomic E-state index is 12.8. The molecule has 0 spiro atoms. The Morgan fingerprint density at radius 1 is 1.13 bits per heavy atom. The number of ether oxygens (including phenoxy) is 2. The summed E-state index contributed by atoms with van der Waals surface area (Å²) in [5.74, 6) is -1.83. The van der Waals surface area contributed by atoms with Gasteiger partial charge in [-0.05, 0) is 44.5 Å². The van der Waals surface area contributed by atoms with E-state index >= 15 is 0 Å². The molecule has 2 N–H and O–H groups in total. The number of nitrogen functional groups attached to an aromatic ring is 1. The van der Waals surface area contributed by atoms with Gasteiger partial charge in [-0.2, -0.15) is 0 Å². The average Bonchev–Trinajstić information content (AvgIpc) is 3.07. The van der Waals surface area contributed by atoms with Crippen molar-refractivity contribution >= 4 is 50.8 Å². The Hall–Kier alpha value is -3.46. The predicted molar refractivity (Wildman–Crippen MR) is 119 cm³/mol. The summed E-state index contributed by atoms with van der Waals surface area (Å²) in [5, 5.41) is 0.710. The van der Waals surface area contributed by atoms with E-state index < -0.39 is 24.5 Å². The molecule has 31 heavy (non-hydrogen) atoms. The number of aromatic nitrogens is 1. The smallest absolute Gasteiger partial charge is 0.351 e. The van der Waals surface area contributed by atoms with Crippen LogP contribution < -0.4 is 10.6 Å². The Kier molecular flexibility index (Phi) is 6.86. The van der Waals surface area contributed by atoms with Gasteiger partial charge in [-0.25, -0.2) is 9.78 Å². The average molecular weight is 442 g/mol. The van der Waals surface area contributed by atoms with Gasteiger partial charge in [-0.15, -0.1) is 11.3 Å². The normalized spacial score (nSPS) is 10.7. The van der Waals surface area contributed by atoms with Gasteiger partial charge in [0, 0.05) is 16.8 Å². The van der Waals surface area contributed by atoms with Crippen molar-refractivity contribution in [2.75, 3.05) is 30.4 Å². The summed E-state index contributed by atoms with van der Waals surface area (Å²) in [6.07, 6.45) is 0. The molecule has 3 rings (SSSR count). The Bertz CT molecular complexity index is 1130. The van der Waals surface area contributed by atoms with E-state index in [0.29, 0.717) is 15.9 Å². The van der Waals surface area contributed by atoms with Gasteiger partial charge in [-0.3, -0.25) is 14.5 Å². The number of para-hydroxylation sites is 1. The first-order valence-corrected chi connectivity index (χ1v) is 10.5. The van der Waals surface area contributed by atoms with Crippen molar-refractivity contribution in [1.29, 1.82) is 0 Å². The lowest BCUT2D eigenvalue weighted by atomic mass is 10.1. The molecule has 0 bridgehead atoms. The van der Waals surface area contributed by atoms with Gasteiger partial charge in [0.05, 0.1) is 12.3 Å². The number of fused-ring (bicyclic) bond motifs is 1. The van der Waals surface area contributed by atoms with Crippen molar-refractivity contribution in [2.24, 2.45) is 0 Å². The number of amides is 1. The second kappa shape index (κ2) is 9.57. The molecule has 0 aliphatic rings.